The predicted octanol–water partition coefficient (Wildman–Crippen LogP) is 3.83. The van der Waals surface area contributed by atoms with Crippen LogP contribution in [-0.2, 0) is 0 Å². The van der Waals surface area contributed by atoms with Gasteiger partial charge < -0.3 is 15.4 Å². The minimum atomic E-state index is -0.515. The van der Waals surface area contributed by atoms with E-state index < -0.39 is 6.09 Å². The summed E-state index contributed by atoms with van der Waals surface area (Å²) < 4.78 is 5.17. The van der Waals surface area contributed by atoms with Gasteiger partial charge in [-0.05, 0) is 57.2 Å². The van der Waals surface area contributed by atoms with Crippen molar-refractivity contribution >= 4 is 17.7 Å². The van der Waals surface area contributed by atoms with Gasteiger partial charge in [0.2, 0.25) is 0 Å². The van der Waals surface area contributed by atoms with E-state index in [-0.39, 0.29) is 11.4 Å². The van der Waals surface area contributed by atoms with Gasteiger partial charge in [-0.15, -0.1) is 0 Å². The zero-order valence-electron chi connectivity index (χ0n) is 13.4. The monoisotopic (exact) mass is 312 g/mol. The predicted molar refractivity (Wildman–Crippen MR) is 89.7 cm³/mol. The third-order valence-corrected chi connectivity index (χ3v) is 2.84. The van der Waals surface area contributed by atoms with Gasteiger partial charge in [-0.1, -0.05) is 18.2 Å². The number of hydrogen-bond donors (Lipinski definition) is 2. The maximum absolute atomic E-state index is 12.0. The molecule has 5 heteroatoms. The number of amides is 2. The van der Waals surface area contributed by atoms with Crippen molar-refractivity contribution in [2.75, 3.05) is 5.32 Å². The molecule has 0 heterocycles. The van der Waals surface area contributed by atoms with Crippen molar-refractivity contribution in [2.24, 2.45) is 0 Å². The Labute approximate surface area is 135 Å². The van der Waals surface area contributed by atoms with Crippen LogP contribution in [0.2, 0.25) is 0 Å². The molecule has 120 valence electrons. The standard InChI is InChI=1S/C18H20N2O3/c1-18(2,3)20-17(22)23-15-11-9-14(10-12-15)19-16(21)13-7-5-4-6-8-13/h4-12H,1-3H3,(H,19,21)(H,20,22). The third-order valence-electron chi connectivity index (χ3n) is 2.84. The first-order valence-corrected chi connectivity index (χ1v) is 7.30. The largest absolute Gasteiger partial charge is 0.413 e. The highest BCUT2D eigenvalue weighted by atomic mass is 16.6. The smallest absolute Gasteiger partial charge is 0.410 e. The molecule has 0 unspecified atom stereocenters. The second-order valence-corrected chi connectivity index (χ2v) is 6.11. The number of hydrogen-bond acceptors (Lipinski definition) is 3. The van der Waals surface area contributed by atoms with Gasteiger partial charge in [0.05, 0.1) is 0 Å². The summed E-state index contributed by atoms with van der Waals surface area (Å²) in [4.78, 5) is 23.7. The molecular weight excluding hydrogens is 292 g/mol. The zero-order chi connectivity index (χ0) is 16.9. The molecule has 0 bridgehead atoms. The summed E-state index contributed by atoms with van der Waals surface area (Å²) in [5, 5.41) is 5.49. The molecule has 23 heavy (non-hydrogen) atoms. The quantitative estimate of drug-likeness (QED) is 0.905. The van der Waals surface area contributed by atoms with Crippen LogP contribution >= 0.6 is 0 Å². The average molecular weight is 312 g/mol. The normalized spacial score (nSPS) is 10.7. The maximum Gasteiger partial charge on any atom is 0.413 e. The molecule has 0 aliphatic rings. The van der Waals surface area contributed by atoms with Crippen molar-refractivity contribution in [1.29, 1.82) is 0 Å². The van der Waals surface area contributed by atoms with Crippen LogP contribution in [0, 0.1) is 0 Å². The molecule has 0 aromatic heterocycles. The van der Waals surface area contributed by atoms with Gasteiger partial charge in [0.15, 0.2) is 0 Å². The summed E-state index contributed by atoms with van der Waals surface area (Å²) in [6, 6.07) is 15.6. The van der Waals surface area contributed by atoms with Crippen LogP contribution < -0.4 is 15.4 Å². The third kappa shape index (κ3) is 5.47. The summed E-state index contributed by atoms with van der Waals surface area (Å²) in [5.74, 6) is 0.217. The van der Waals surface area contributed by atoms with Crippen molar-refractivity contribution in [3.8, 4) is 5.75 Å². The lowest BCUT2D eigenvalue weighted by Gasteiger charge is -2.19. The lowest BCUT2D eigenvalue weighted by atomic mass is 10.1. The van der Waals surface area contributed by atoms with Gasteiger partial charge in [-0.2, -0.15) is 0 Å². The highest BCUT2D eigenvalue weighted by Crippen LogP contribution is 2.17. The molecule has 0 aliphatic heterocycles. The van der Waals surface area contributed by atoms with Crippen LogP contribution in [0.4, 0.5) is 10.5 Å². The van der Waals surface area contributed by atoms with E-state index in [0.717, 1.165) is 0 Å². The molecule has 2 aromatic carbocycles. The Morgan fingerprint density at radius 2 is 1.52 bits per heavy atom. The Morgan fingerprint density at radius 3 is 2.09 bits per heavy atom. The Morgan fingerprint density at radius 1 is 0.913 bits per heavy atom. The highest BCUT2D eigenvalue weighted by molar-refractivity contribution is 6.04. The van der Waals surface area contributed by atoms with Crippen molar-refractivity contribution in [2.45, 2.75) is 26.3 Å². The molecule has 2 amide bonds. The average Bonchev–Trinajstić information content (AvgIpc) is 2.48. The number of carbonyl (C=O) groups is 2. The van der Waals surface area contributed by atoms with Crippen molar-refractivity contribution in [3.05, 3.63) is 60.2 Å². The fraction of sp³-hybridized carbons (Fsp3) is 0.222. The van der Waals surface area contributed by atoms with Crippen molar-refractivity contribution in [3.63, 3.8) is 0 Å². The van der Waals surface area contributed by atoms with Crippen LogP contribution in [-0.4, -0.2) is 17.5 Å². The second kappa shape index (κ2) is 6.96. The number of rotatable bonds is 3. The first kappa shape index (κ1) is 16.5. The molecule has 0 atom stereocenters. The summed E-state index contributed by atoms with van der Waals surface area (Å²) in [5.41, 5.74) is 0.848. The minimum absolute atomic E-state index is 0.190. The molecule has 0 fully saturated rings. The fourth-order valence-electron chi connectivity index (χ4n) is 1.84. The minimum Gasteiger partial charge on any atom is -0.410 e. The van der Waals surface area contributed by atoms with Gasteiger partial charge in [-0.3, -0.25) is 4.79 Å². The van der Waals surface area contributed by atoms with E-state index in [0.29, 0.717) is 17.0 Å². The molecule has 2 N–H and O–H groups in total. The lowest BCUT2D eigenvalue weighted by Crippen LogP contribution is -2.42. The van der Waals surface area contributed by atoms with E-state index in [1.807, 2.05) is 26.8 Å². The molecule has 2 rings (SSSR count). The lowest BCUT2D eigenvalue weighted by molar-refractivity contribution is 0.102. The summed E-state index contributed by atoms with van der Waals surface area (Å²) in [6.45, 7) is 5.61. The summed E-state index contributed by atoms with van der Waals surface area (Å²) in [7, 11) is 0. The number of nitrogens with one attached hydrogen (secondary N) is 2. The molecule has 0 radical (unpaired) electrons. The Kier molecular flexibility index (Phi) is 5.01. The number of benzene rings is 2. The molecule has 2 aromatic rings. The van der Waals surface area contributed by atoms with E-state index in [9.17, 15) is 9.59 Å². The Bertz CT molecular complexity index is 674. The van der Waals surface area contributed by atoms with Gasteiger partial charge in [0.1, 0.15) is 5.75 Å². The van der Waals surface area contributed by atoms with Crippen LogP contribution in [0.25, 0.3) is 0 Å². The van der Waals surface area contributed by atoms with Crippen molar-refractivity contribution < 1.29 is 14.3 Å². The highest BCUT2D eigenvalue weighted by Gasteiger charge is 2.15. The molecule has 0 saturated heterocycles. The van der Waals surface area contributed by atoms with E-state index in [1.165, 1.54) is 0 Å². The maximum atomic E-state index is 12.0. The van der Waals surface area contributed by atoms with Gasteiger partial charge in [-0.25, -0.2) is 4.79 Å². The number of carbonyl (C=O) groups excluding carboxylic acids is 2. The van der Waals surface area contributed by atoms with Crippen molar-refractivity contribution in [1.82, 2.24) is 5.32 Å². The topological polar surface area (TPSA) is 67.4 Å². The van der Waals surface area contributed by atoms with Crippen LogP contribution in [0.15, 0.2) is 54.6 Å². The van der Waals surface area contributed by atoms with Gasteiger partial charge >= 0.3 is 6.09 Å². The number of anilines is 1. The molecular formula is C18H20N2O3. The first-order chi connectivity index (χ1) is 10.8. The Balaban J connectivity index is 1.95. The van der Waals surface area contributed by atoms with Crippen LogP contribution in [0.1, 0.15) is 31.1 Å². The van der Waals surface area contributed by atoms with E-state index >= 15 is 0 Å². The molecule has 5 nitrogen and oxygen atoms in total. The fourth-order valence-corrected chi connectivity index (χ4v) is 1.84. The zero-order valence-corrected chi connectivity index (χ0v) is 13.4. The van der Waals surface area contributed by atoms with E-state index in [4.69, 9.17) is 4.74 Å². The van der Waals surface area contributed by atoms with Crippen LogP contribution in [0.5, 0.6) is 5.75 Å². The number of ether oxygens (including phenoxy) is 1. The second-order valence-electron chi connectivity index (χ2n) is 6.11. The molecule has 0 spiro atoms. The summed E-state index contributed by atoms with van der Waals surface area (Å²) >= 11 is 0. The van der Waals surface area contributed by atoms with Gasteiger partial charge in [0.25, 0.3) is 5.91 Å². The van der Waals surface area contributed by atoms with Gasteiger partial charge in [0, 0.05) is 16.8 Å². The molecule has 0 saturated carbocycles. The Hall–Kier alpha value is -2.82. The first-order valence-electron chi connectivity index (χ1n) is 7.30. The van der Waals surface area contributed by atoms with Crippen LogP contribution in [0.3, 0.4) is 0 Å². The SMILES string of the molecule is CC(C)(C)NC(=O)Oc1ccc(NC(=O)c2ccccc2)cc1. The van der Waals surface area contributed by atoms with E-state index in [1.54, 1.807) is 48.5 Å². The molecule has 0 aliphatic carbocycles. The summed E-state index contributed by atoms with van der Waals surface area (Å²) in [6.07, 6.45) is -0.515. The van der Waals surface area contributed by atoms with E-state index in [2.05, 4.69) is 10.6 Å².